The average molecular weight is 285 g/mol. The number of allylic oxidation sites excluding steroid dienone is 4. The molecule has 2 unspecified atom stereocenters. The van der Waals surface area contributed by atoms with Crippen LogP contribution in [0.5, 0.6) is 0 Å². The summed E-state index contributed by atoms with van der Waals surface area (Å²) in [5.41, 5.74) is 5.00. The number of hydrogen-bond acceptors (Lipinski definition) is 1. The van der Waals surface area contributed by atoms with Crippen molar-refractivity contribution in [2.24, 2.45) is 5.92 Å². The number of terminal acetylenes is 1. The molecule has 0 radical (unpaired) electrons. The smallest absolute Gasteiger partial charge is 0.0255 e. The minimum atomic E-state index is 0.463. The predicted octanol–water partition coefficient (Wildman–Crippen LogP) is 5.36. The van der Waals surface area contributed by atoms with Crippen molar-refractivity contribution in [3.63, 3.8) is 0 Å². The summed E-state index contributed by atoms with van der Waals surface area (Å²) in [6.45, 7) is 13.1. The Kier molecular flexibility index (Phi) is 7.37. The molecule has 1 aliphatic carbocycles. The van der Waals surface area contributed by atoms with Crippen molar-refractivity contribution < 1.29 is 0 Å². The largest absolute Gasteiger partial charge is 0.386 e. The Morgan fingerprint density at radius 1 is 1.52 bits per heavy atom. The van der Waals surface area contributed by atoms with Gasteiger partial charge in [-0.1, -0.05) is 57.8 Å². The average Bonchev–Trinajstić information content (AvgIpc) is 2.43. The van der Waals surface area contributed by atoms with Gasteiger partial charge in [-0.3, -0.25) is 0 Å². The summed E-state index contributed by atoms with van der Waals surface area (Å²) < 4.78 is 0. The van der Waals surface area contributed by atoms with E-state index < -0.39 is 0 Å². The number of rotatable bonds is 8. The molecular weight excluding hydrogens is 254 g/mol. The molecule has 2 atom stereocenters. The van der Waals surface area contributed by atoms with Gasteiger partial charge in [-0.05, 0) is 37.7 Å². The van der Waals surface area contributed by atoms with Gasteiger partial charge in [0.15, 0.2) is 0 Å². The van der Waals surface area contributed by atoms with Crippen molar-refractivity contribution >= 4 is 0 Å². The van der Waals surface area contributed by atoms with E-state index in [1.807, 2.05) is 0 Å². The van der Waals surface area contributed by atoms with Gasteiger partial charge in [0.25, 0.3) is 0 Å². The fraction of sp³-hybridized carbons (Fsp3) is 0.600. The van der Waals surface area contributed by atoms with Gasteiger partial charge in [0.1, 0.15) is 0 Å². The molecule has 0 spiro atoms. The summed E-state index contributed by atoms with van der Waals surface area (Å²) in [5.74, 6) is 3.30. The molecule has 1 rings (SSSR count). The Labute approximate surface area is 131 Å². The zero-order valence-corrected chi connectivity index (χ0v) is 14.3. The normalized spacial score (nSPS) is 19.8. The highest BCUT2D eigenvalue weighted by Crippen LogP contribution is 2.31. The highest BCUT2D eigenvalue weighted by molar-refractivity contribution is 5.43. The fourth-order valence-electron chi connectivity index (χ4n) is 3.15. The molecule has 0 heterocycles. The van der Waals surface area contributed by atoms with Gasteiger partial charge < -0.3 is 5.32 Å². The quantitative estimate of drug-likeness (QED) is 0.592. The van der Waals surface area contributed by atoms with Gasteiger partial charge in [-0.25, -0.2) is 0 Å². The molecule has 21 heavy (non-hydrogen) atoms. The fourth-order valence-corrected chi connectivity index (χ4v) is 3.15. The van der Waals surface area contributed by atoms with Crippen LogP contribution in [0.25, 0.3) is 0 Å². The molecular formula is C20H31N. The number of hydrogen-bond donors (Lipinski definition) is 1. The highest BCUT2D eigenvalue weighted by Gasteiger charge is 2.18. The van der Waals surface area contributed by atoms with Gasteiger partial charge in [0.05, 0.1) is 0 Å². The molecule has 0 aromatic rings. The molecule has 1 N–H and O–H groups in total. The van der Waals surface area contributed by atoms with Gasteiger partial charge in [0, 0.05) is 23.7 Å². The van der Waals surface area contributed by atoms with Crippen LogP contribution in [0, 0.1) is 18.3 Å². The third-order valence-corrected chi connectivity index (χ3v) is 4.31. The van der Waals surface area contributed by atoms with E-state index in [2.05, 4.69) is 51.6 Å². The van der Waals surface area contributed by atoms with Crippen LogP contribution in [-0.4, -0.2) is 6.04 Å². The van der Waals surface area contributed by atoms with E-state index in [0.717, 1.165) is 30.5 Å². The molecule has 1 nitrogen and oxygen atoms in total. The molecule has 116 valence electrons. The van der Waals surface area contributed by atoms with Crippen LogP contribution < -0.4 is 5.32 Å². The van der Waals surface area contributed by atoms with Crippen molar-refractivity contribution in [1.82, 2.24) is 5.32 Å². The van der Waals surface area contributed by atoms with Gasteiger partial charge in [0.2, 0.25) is 0 Å². The maximum atomic E-state index is 5.59. The number of unbranched alkanes of at least 4 members (excludes halogenated alkanes) is 1. The predicted molar refractivity (Wildman–Crippen MR) is 93.9 cm³/mol. The SMILES string of the molecule is C#CC1=C(C)C=C(CC(=C)NC(CC)CCCC)CC1C. The zero-order valence-electron chi connectivity index (χ0n) is 14.3. The Bertz CT molecular complexity index is 459. The summed E-state index contributed by atoms with van der Waals surface area (Å²) in [6.07, 6.45) is 14.8. The summed E-state index contributed by atoms with van der Waals surface area (Å²) in [4.78, 5) is 0. The van der Waals surface area contributed by atoms with Gasteiger partial charge >= 0.3 is 0 Å². The van der Waals surface area contributed by atoms with Gasteiger partial charge in [-0.15, -0.1) is 6.42 Å². The second-order valence-corrected chi connectivity index (χ2v) is 6.32. The van der Waals surface area contributed by atoms with E-state index in [-0.39, 0.29) is 0 Å². The van der Waals surface area contributed by atoms with Crippen LogP contribution in [0.4, 0.5) is 0 Å². The van der Waals surface area contributed by atoms with Crippen LogP contribution >= 0.6 is 0 Å². The van der Waals surface area contributed by atoms with E-state index in [4.69, 9.17) is 6.42 Å². The monoisotopic (exact) mass is 285 g/mol. The lowest BCUT2D eigenvalue weighted by Gasteiger charge is -2.24. The van der Waals surface area contributed by atoms with Crippen molar-refractivity contribution in [1.29, 1.82) is 0 Å². The van der Waals surface area contributed by atoms with Gasteiger partial charge in [-0.2, -0.15) is 0 Å². The minimum Gasteiger partial charge on any atom is -0.386 e. The molecule has 0 bridgehead atoms. The molecule has 0 amide bonds. The van der Waals surface area contributed by atoms with Crippen LogP contribution in [-0.2, 0) is 0 Å². The maximum Gasteiger partial charge on any atom is 0.0255 e. The van der Waals surface area contributed by atoms with Crippen LogP contribution in [0.1, 0.15) is 66.2 Å². The molecule has 0 saturated heterocycles. The summed E-state index contributed by atoms with van der Waals surface area (Å²) in [7, 11) is 0. The first kappa shape index (κ1) is 17.6. The van der Waals surface area contributed by atoms with E-state index in [9.17, 15) is 0 Å². The summed E-state index contributed by atoms with van der Waals surface area (Å²) >= 11 is 0. The summed E-state index contributed by atoms with van der Waals surface area (Å²) in [6, 6.07) is 0.567. The second-order valence-electron chi connectivity index (χ2n) is 6.32. The third-order valence-electron chi connectivity index (χ3n) is 4.31. The maximum absolute atomic E-state index is 5.59. The van der Waals surface area contributed by atoms with Crippen LogP contribution in [0.3, 0.4) is 0 Å². The van der Waals surface area contributed by atoms with Crippen LogP contribution in [0.15, 0.2) is 35.1 Å². The molecule has 1 heteroatoms. The Morgan fingerprint density at radius 2 is 2.24 bits per heavy atom. The number of nitrogens with one attached hydrogen (secondary N) is 1. The van der Waals surface area contributed by atoms with E-state index in [1.54, 1.807) is 0 Å². The first-order valence-corrected chi connectivity index (χ1v) is 8.32. The van der Waals surface area contributed by atoms with E-state index in [1.165, 1.54) is 30.4 Å². The molecule has 0 saturated carbocycles. The van der Waals surface area contributed by atoms with Crippen LogP contribution in [0.2, 0.25) is 0 Å². The summed E-state index contributed by atoms with van der Waals surface area (Å²) in [5, 5.41) is 3.61. The standard InChI is InChI=1S/C20H31N/c1-7-10-11-19(8-2)21-17(6)14-18-12-15(4)20(9-3)16(5)13-18/h3,12,16,19,21H,6-8,10-11,13-14H2,1-2,4-5H3. The molecule has 0 aromatic carbocycles. The lowest BCUT2D eigenvalue weighted by molar-refractivity contribution is 0.485. The lowest BCUT2D eigenvalue weighted by atomic mass is 9.83. The lowest BCUT2D eigenvalue weighted by Crippen LogP contribution is -2.27. The Hall–Kier alpha value is -1.42. The van der Waals surface area contributed by atoms with E-state index in [0.29, 0.717) is 12.0 Å². The second kappa shape index (κ2) is 8.78. The first-order valence-electron chi connectivity index (χ1n) is 8.32. The van der Waals surface area contributed by atoms with Crippen molar-refractivity contribution in [2.45, 2.75) is 72.3 Å². The molecule has 0 aliphatic heterocycles. The van der Waals surface area contributed by atoms with Crippen molar-refractivity contribution in [2.75, 3.05) is 0 Å². The van der Waals surface area contributed by atoms with E-state index >= 15 is 0 Å². The minimum absolute atomic E-state index is 0.463. The Balaban J connectivity index is 2.60. The topological polar surface area (TPSA) is 12.0 Å². The van der Waals surface area contributed by atoms with Crippen molar-refractivity contribution in [3.8, 4) is 12.3 Å². The zero-order chi connectivity index (χ0) is 15.8. The molecule has 0 aromatic heterocycles. The molecule has 1 aliphatic rings. The highest BCUT2D eigenvalue weighted by atomic mass is 14.9. The van der Waals surface area contributed by atoms with Crippen molar-refractivity contribution in [3.05, 3.63) is 35.1 Å². The molecule has 0 fully saturated rings. The Morgan fingerprint density at radius 3 is 2.76 bits per heavy atom. The first-order chi connectivity index (χ1) is 10.0. The third kappa shape index (κ3) is 5.46.